The molecule has 0 radical (unpaired) electrons. The Kier molecular flexibility index (Phi) is 4.46. The molecule has 2 aromatic rings. The highest BCUT2D eigenvalue weighted by molar-refractivity contribution is 5.91. The van der Waals surface area contributed by atoms with Gasteiger partial charge >= 0.3 is 0 Å². The van der Waals surface area contributed by atoms with Crippen molar-refractivity contribution in [2.45, 2.75) is 39.2 Å². The maximum absolute atomic E-state index is 12.9. The molecule has 7 nitrogen and oxygen atoms in total. The van der Waals surface area contributed by atoms with E-state index in [2.05, 4.69) is 22.0 Å². The largest absolute Gasteiger partial charge is 0.467 e. The summed E-state index contributed by atoms with van der Waals surface area (Å²) in [7, 11) is 0. The first-order valence-corrected chi connectivity index (χ1v) is 9.22. The lowest BCUT2D eigenvalue weighted by Gasteiger charge is -2.31. The Bertz CT molecular complexity index is 710. The van der Waals surface area contributed by atoms with Crippen molar-refractivity contribution in [2.75, 3.05) is 31.1 Å². The number of aromatic nitrogens is 3. The Morgan fingerprint density at radius 3 is 2.64 bits per heavy atom. The van der Waals surface area contributed by atoms with Crippen molar-refractivity contribution in [1.82, 2.24) is 19.7 Å². The molecule has 0 saturated carbocycles. The molecule has 2 aliphatic rings. The first-order valence-electron chi connectivity index (χ1n) is 9.22. The summed E-state index contributed by atoms with van der Waals surface area (Å²) in [6.45, 7) is 6.29. The third-order valence-corrected chi connectivity index (χ3v) is 5.28. The number of hydrogen-bond acceptors (Lipinski definition) is 5. The summed E-state index contributed by atoms with van der Waals surface area (Å²) in [5.41, 5.74) is 0. The molecule has 7 heteroatoms. The van der Waals surface area contributed by atoms with Gasteiger partial charge < -0.3 is 14.2 Å². The molecule has 4 rings (SSSR count). The van der Waals surface area contributed by atoms with Gasteiger partial charge in [-0.3, -0.25) is 9.36 Å². The third kappa shape index (κ3) is 3.27. The van der Waals surface area contributed by atoms with Crippen LogP contribution in [-0.4, -0.2) is 51.8 Å². The first-order chi connectivity index (χ1) is 12.2. The van der Waals surface area contributed by atoms with E-state index in [-0.39, 0.29) is 5.91 Å². The average molecular weight is 343 g/mol. The number of hydrogen-bond donors (Lipinski definition) is 0. The summed E-state index contributed by atoms with van der Waals surface area (Å²) in [6, 6.07) is 3.79. The number of rotatable bonds is 4. The Morgan fingerprint density at radius 2 is 1.96 bits per heavy atom. The molecule has 2 saturated heterocycles. The molecule has 2 aliphatic heterocycles. The Labute approximate surface area is 147 Å². The number of furan rings is 1. The molecule has 4 heterocycles. The molecule has 0 atom stereocenters. The van der Waals surface area contributed by atoms with E-state index in [9.17, 15) is 4.79 Å². The number of nitrogens with zero attached hydrogens (tertiary/aromatic N) is 5. The predicted molar refractivity (Wildman–Crippen MR) is 93.6 cm³/mol. The second-order valence-electron chi connectivity index (χ2n) is 7.16. The fourth-order valence-corrected chi connectivity index (χ4v) is 3.66. The lowest BCUT2D eigenvalue weighted by atomic mass is 10.00. The van der Waals surface area contributed by atoms with E-state index < -0.39 is 0 Å². The second-order valence-corrected chi connectivity index (χ2v) is 7.16. The van der Waals surface area contributed by atoms with E-state index >= 15 is 0 Å². The number of carbonyl (C=O) groups excluding carboxylic acids is 1. The molecular weight excluding hydrogens is 318 g/mol. The second kappa shape index (κ2) is 6.90. The van der Waals surface area contributed by atoms with Crippen molar-refractivity contribution >= 4 is 11.9 Å². The van der Waals surface area contributed by atoms with Gasteiger partial charge in [-0.05, 0) is 43.7 Å². The minimum atomic E-state index is -0.0202. The molecule has 0 bridgehead atoms. The predicted octanol–water partition coefficient (Wildman–Crippen LogP) is 2.39. The number of carbonyl (C=O) groups is 1. The van der Waals surface area contributed by atoms with Crippen LogP contribution in [0.2, 0.25) is 0 Å². The standard InChI is InChI=1S/C18H25N5O2/c1-14-6-10-22(11-7-14)18-20-19-16(17(24)21-8-2-3-9-21)23(18)13-15-5-4-12-25-15/h4-5,12,14H,2-3,6-11,13H2,1H3. The molecule has 0 spiro atoms. The normalized spacial score (nSPS) is 18.9. The van der Waals surface area contributed by atoms with Crippen molar-refractivity contribution in [3.05, 3.63) is 30.0 Å². The molecule has 0 aromatic carbocycles. The Balaban J connectivity index is 1.65. The topological polar surface area (TPSA) is 67.4 Å². The van der Waals surface area contributed by atoms with Crippen LogP contribution in [0.4, 0.5) is 5.95 Å². The van der Waals surface area contributed by atoms with Crippen LogP contribution in [0, 0.1) is 5.92 Å². The summed E-state index contributed by atoms with van der Waals surface area (Å²) >= 11 is 0. The van der Waals surface area contributed by atoms with E-state index in [1.807, 2.05) is 21.6 Å². The van der Waals surface area contributed by atoms with E-state index in [0.717, 1.165) is 69.5 Å². The van der Waals surface area contributed by atoms with Gasteiger partial charge in [0, 0.05) is 26.2 Å². The van der Waals surface area contributed by atoms with Crippen LogP contribution < -0.4 is 4.90 Å². The van der Waals surface area contributed by atoms with Crippen LogP contribution in [0.1, 0.15) is 49.0 Å². The van der Waals surface area contributed by atoms with Crippen LogP contribution in [0.3, 0.4) is 0 Å². The van der Waals surface area contributed by atoms with Crippen LogP contribution in [0.5, 0.6) is 0 Å². The quantitative estimate of drug-likeness (QED) is 0.853. The molecule has 134 valence electrons. The SMILES string of the molecule is CC1CCN(c2nnc(C(=O)N3CCCC3)n2Cc2ccco2)CC1. The van der Waals surface area contributed by atoms with Crippen molar-refractivity contribution < 1.29 is 9.21 Å². The van der Waals surface area contributed by atoms with Gasteiger partial charge in [0.05, 0.1) is 12.8 Å². The monoisotopic (exact) mass is 343 g/mol. The number of anilines is 1. The van der Waals surface area contributed by atoms with Gasteiger partial charge in [-0.25, -0.2) is 0 Å². The smallest absolute Gasteiger partial charge is 0.291 e. The summed E-state index contributed by atoms with van der Waals surface area (Å²) in [5, 5.41) is 8.66. The van der Waals surface area contributed by atoms with Gasteiger partial charge in [0.25, 0.3) is 5.91 Å². The molecule has 2 fully saturated rings. The van der Waals surface area contributed by atoms with Crippen LogP contribution in [-0.2, 0) is 6.54 Å². The summed E-state index contributed by atoms with van der Waals surface area (Å²) in [6.07, 6.45) is 6.07. The highest BCUT2D eigenvalue weighted by Gasteiger charge is 2.29. The van der Waals surface area contributed by atoms with Crippen LogP contribution in [0.25, 0.3) is 0 Å². The van der Waals surface area contributed by atoms with Crippen molar-refractivity contribution in [3.8, 4) is 0 Å². The number of likely N-dealkylation sites (tertiary alicyclic amines) is 1. The van der Waals surface area contributed by atoms with Crippen molar-refractivity contribution in [1.29, 1.82) is 0 Å². The van der Waals surface area contributed by atoms with Crippen LogP contribution >= 0.6 is 0 Å². The highest BCUT2D eigenvalue weighted by atomic mass is 16.3. The molecule has 0 N–H and O–H groups in total. The van der Waals surface area contributed by atoms with Gasteiger partial charge in [-0.1, -0.05) is 6.92 Å². The molecule has 2 aromatic heterocycles. The van der Waals surface area contributed by atoms with E-state index in [1.54, 1.807) is 6.26 Å². The average Bonchev–Trinajstić information content (AvgIpc) is 3.38. The first kappa shape index (κ1) is 16.2. The number of amides is 1. The zero-order valence-electron chi connectivity index (χ0n) is 14.7. The summed E-state index contributed by atoms with van der Waals surface area (Å²) < 4.78 is 7.43. The lowest BCUT2D eigenvalue weighted by molar-refractivity contribution is 0.0775. The van der Waals surface area contributed by atoms with E-state index in [4.69, 9.17) is 4.42 Å². The molecule has 25 heavy (non-hydrogen) atoms. The third-order valence-electron chi connectivity index (χ3n) is 5.28. The Hall–Kier alpha value is -2.31. The maximum Gasteiger partial charge on any atom is 0.291 e. The lowest BCUT2D eigenvalue weighted by Crippen LogP contribution is -2.36. The van der Waals surface area contributed by atoms with E-state index in [0.29, 0.717) is 12.4 Å². The zero-order chi connectivity index (χ0) is 17.2. The minimum absolute atomic E-state index is 0.0202. The molecule has 1 amide bonds. The highest BCUT2D eigenvalue weighted by Crippen LogP contribution is 2.24. The fourth-order valence-electron chi connectivity index (χ4n) is 3.66. The van der Waals surface area contributed by atoms with Crippen molar-refractivity contribution in [2.24, 2.45) is 5.92 Å². The summed E-state index contributed by atoms with van der Waals surface area (Å²) in [5.74, 6) is 2.73. The Morgan fingerprint density at radius 1 is 1.20 bits per heavy atom. The van der Waals surface area contributed by atoms with Gasteiger partial charge in [0.2, 0.25) is 11.8 Å². The molecular formula is C18H25N5O2. The zero-order valence-corrected chi connectivity index (χ0v) is 14.7. The minimum Gasteiger partial charge on any atom is -0.467 e. The van der Waals surface area contributed by atoms with Crippen molar-refractivity contribution in [3.63, 3.8) is 0 Å². The van der Waals surface area contributed by atoms with Crippen LogP contribution in [0.15, 0.2) is 22.8 Å². The summed E-state index contributed by atoms with van der Waals surface area (Å²) in [4.78, 5) is 17.0. The van der Waals surface area contributed by atoms with E-state index in [1.165, 1.54) is 0 Å². The van der Waals surface area contributed by atoms with Gasteiger partial charge in [-0.2, -0.15) is 0 Å². The molecule has 0 aliphatic carbocycles. The van der Waals surface area contributed by atoms with Gasteiger partial charge in [-0.15, -0.1) is 10.2 Å². The fraction of sp³-hybridized carbons (Fsp3) is 0.611. The maximum atomic E-state index is 12.9. The van der Waals surface area contributed by atoms with Gasteiger partial charge in [0.1, 0.15) is 5.76 Å². The number of piperidine rings is 1. The molecule has 0 unspecified atom stereocenters. The van der Waals surface area contributed by atoms with Gasteiger partial charge in [0.15, 0.2) is 0 Å².